The largest absolute Gasteiger partial charge is 0.387 e. The zero-order chi connectivity index (χ0) is 9.26. The molecule has 3 nitrogen and oxygen atoms in total. The summed E-state index contributed by atoms with van der Waals surface area (Å²) in [6.07, 6.45) is 3.80. The molecular weight excluding hydrogens is 164 g/mol. The van der Waals surface area contributed by atoms with Crippen LogP contribution in [0.2, 0.25) is 0 Å². The van der Waals surface area contributed by atoms with Crippen molar-refractivity contribution < 1.29 is 4.79 Å². The first kappa shape index (κ1) is 7.86. The predicted octanol–water partition coefficient (Wildman–Crippen LogP) is 0.859. The highest BCUT2D eigenvalue weighted by molar-refractivity contribution is 5.93. The van der Waals surface area contributed by atoms with Crippen molar-refractivity contribution in [3.8, 4) is 0 Å². The van der Waals surface area contributed by atoms with E-state index in [2.05, 4.69) is 5.32 Å². The van der Waals surface area contributed by atoms with E-state index in [1.54, 1.807) is 6.07 Å². The van der Waals surface area contributed by atoms with Crippen molar-refractivity contribution in [2.24, 2.45) is 5.73 Å². The Kier molecular flexibility index (Phi) is 1.77. The molecule has 1 amide bonds. The molecular formula is C10H10N2O. The third-order valence-corrected chi connectivity index (χ3v) is 2.10. The summed E-state index contributed by atoms with van der Waals surface area (Å²) in [5, 5.41) is 3.09. The Balaban J connectivity index is 2.48. The molecule has 0 bridgehead atoms. The maximum absolute atomic E-state index is 10.9. The second-order valence-electron chi connectivity index (χ2n) is 2.99. The maximum atomic E-state index is 10.9. The molecule has 0 spiro atoms. The van der Waals surface area contributed by atoms with Gasteiger partial charge in [-0.15, -0.1) is 0 Å². The van der Waals surface area contributed by atoms with Gasteiger partial charge in [0.1, 0.15) is 0 Å². The molecule has 1 aromatic rings. The first-order chi connectivity index (χ1) is 6.27. The van der Waals surface area contributed by atoms with Gasteiger partial charge in [0.15, 0.2) is 0 Å². The molecule has 1 aromatic carbocycles. The summed E-state index contributed by atoms with van der Waals surface area (Å²) >= 11 is 0. The van der Waals surface area contributed by atoms with Gasteiger partial charge >= 0.3 is 0 Å². The lowest BCUT2D eigenvalue weighted by Crippen LogP contribution is -2.14. The van der Waals surface area contributed by atoms with E-state index in [1.165, 1.54) is 5.56 Å². The third-order valence-electron chi connectivity index (χ3n) is 2.10. The highest BCUT2D eigenvalue weighted by Crippen LogP contribution is 2.16. The number of nitrogens with one attached hydrogen (secondary N) is 1. The van der Waals surface area contributed by atoms with Gasteiger partial charge < -0.3 is 11.1 Å². The zero-order valence-corrected chi connectivity index (χ0v) is 7.08. The molecule has 0 aliphatic carbocycles. The zero-order valence-electron chi connectivity index (χ0n) is 7.08. The molecule has 2 rings (SSSR count). The van der Waals surface area contributed by atoms with Crippen molar-refractivity contribution in [2.45, 2.75) is 6.54 Å². The average Bonchev–Trinajstić information content (AvgIpc) is 2.17. The highest BCUT2D eigenvalue weighted by atomic mass is 16.1. The molecule has 66 valence electrons. The van der Waals surface area contributed by atoms with E-state index in [9.17, 15) is 4.79 Å². The van der Waals surface area contributed by atoms with Crippen LogP contribution in [0, 0.1) is 0 Å². The molecule has 3 N–H and O–H groups in total. The molecule has 0 saturated carbocycles. The topological polar surface area (TPSA) is 55.1 Å². The van der Waals surface area contributed by atoms with Gasteiger partial charge in [-0.1, -0.05) is 6.07 Å². The fourth-order valence-corrected chi connectivity index (χ4v) is 1.38. The Bertz CT molecular complexity index is 383. The average molecular weight is 174 g/mol. The number of carbonyl (C=O) groups is 1. The Labute approximate surface area is 76.2 Å². The second kappa shape index (κ2) is 2.94. The first-order valence-corrected chi connectivity index (χ1v) is 4.10. The molecule has 0 unspecified atom stereocenters. The molecule has 0 atom stereocenters. The molecule has 0 saturated heterocycles. The van der Waals surface area contributed by atoms with E-state index in [0.29, 0.717) is 5.56 Å². The quantitative estimate of drug-likeness (QED) is 0.663. The van der Waals surface area contributed by atoms with Crippen LogP contribution in [0.5, 0.6) is 0 Å². The van der Waals surface area contributed by atoms with E-state index in [1.807, 2.05) is 24.4 Å². The van der Waals surface area contributed by atoms with Crippen LogP contribution in [0.15, 0.2) is 24.4 Å². The van der Waals surface area contributed by atoms with Crippen molar-refractivity contribution in [2.75, 3.05) is 0 Å². The summed E-state index contributed by atoms with van der Waals surface area (Å²) in [4.78, 5) is 10.9. The van der Waals surface area contributed by atoms with Gasteiger partial charge in [-0.2, -0.15) is 0 Å². The van der Waals surface area contributed by atoms with E-state index in [-0.39, 0.29) is 5.91 Å². The van der Waals surface area contributed by atoms with Crippen LogP contribution in [0.25, 0.3) is 6.08 Å². The lowest BCUT2D eigenvalue weighted by Gasteiger charge is -2.12. The summed E-state index contributed by atoms with van der Waals surface area (Å²) in [6, 6.07) is 5.49. The highest BCUT2D eigenvalue weighted by Gasteiger charge is 2.06. The van der Waals surface area contributed by atoms with E-state index in [0.717, 1.165) is 12.1 Å². The summed E-state index contributed by atoms with van der Waals surface area (Å²) < 4.78 is 0. The minimum Gasteiger partial charge on any atom is -0.387 e. The van der Waals surface area contributed by atoms with Gasteiger partial charge in [-0.25, -0.2) is 0 Å². The maximum Gasteiger partial charge on any atom is 0.248 e. The van der Waals surface area contributed by atoms with Crippen LogP contribution >= 0.6 is 0 Å². The molecule has 13 heavy (non-hydrogen) atoms. The van der Waals surface area contributed by atoms with Crippen LogP contribution in [0.4, 0.5) is 0 Å². The Morgan fingerprint density at radius 3 is 3.08 bits per heavy atom. The summed E-state index contributed by atoms with van der Waals surface area (Å²) in [7, 11) is 0. The van der Waals surface area contributed by atoms with Crippen LogP contribution in [0.1, 0.15) is 21.5 Å². The standard InChI is InChI=1S/C10H10N2O/c11-10(13)8-1-2-9-6-12-4-3-7(9)5-8/h1-5,12H,6H2,(H2,11,13). The number of hydrogen-bond acceptors (Lipinski definition) is 2. The Hall–Kier alpha value is -1.77. The number of rotatable bonds is 1. The van der Waals surface area contributed by atoms with Crippen LogP contribution < -0.4 is 11.1 Å². The number of carbonyl (C=O) groups excluding carboxylic acids is 1. The van der Waals surface area contributed by atoms with Gasteiger partial charge in [-0.3, -0.25) is 4.79 Å². The van der Waals surface area contributed by atoms with Gasteiger partial charge in [0, 0.05) is 12.1 Å². The number of fused-ring (bicyclic) bond motifs is 1. The Morgan fingerprint density at radius 1 is 1.46 bits per heavy atom. The summed E-state index contributed by atoms with van der Waals surface area (Å²) in [6.45, 7) is 0.810. The normalized spacial score (nSPS) is 13.2. The minimum atomic E-state index is -0.380. The van der Waals surface area contributed by atoms with Gasteiger partial charge in [0.05, 0.1) is 0 Å². The van der Waals surface area contributed by atoms with E-state index in [4.69, 9.17) is 5.73 Å². The van der Waals surface area contributed by atoms with Crippen LogP contribution in [-0.4, -0.2) is 5.91 Å². The first-order valence-electron chi connectivity index (χ1n) is 4.10. The fraction of sp³-hybridized carbons (Fsp3) is 0.100. The van der Waals surface area contributed by atoms with Crippen molar-refractivity contribution >= 4 is 12.0 Å². The van der Waals surface area contributed by atoms with E-state index >= 15 is 0 Å². The van der Waals surface area contributed by atoms with Gasteiger partial charge in [0.2, 0.25) is 5.91 Å². The minimum absolute atomic E-state index is 0.380. The third kappa shape index (κ3) is 1.40. The van der Waals surface area contributed by atoms with Crippen LogP contribution in [-0.2, 0) is 6.54 Å². The SMILES string of the molecule is NC(=O)c1ccc2c(c1)C=CNC2. The molecule has 3 heteroatoms. The van der Waals surface area contributed by atoms with Crippen molar-refractivity contribution in [3.63, 3.8) is 0 Å². The fourth-order valence-electron chi connectivity index (χ4n) is 1.38. The molecule has 0 fully saturated rings. The summed E-state index contributed by atoms with van der Waals surface area (Å²) in [5.74, 6) is -0.380. The summed E-state index contributed by atoms with van der Waals surface area (Å²) in [5.41, 5.74) is 7.98. The second-order valence-corrected chi connectivity index (χ2v) is 2.99. The predicted molar refractivity (Wildman–Crippen MR) is 50.8 cm³/mol. The number of amides is 1. The smallest absolute Gasteiger partial charge is 0.248 e. The van der Waals surface area contributed by atoms with Crippen LogP contribution in [0.3, 0.4) is 0 Å². The van der Waals surface area contributed by atoms with Crippen molar-refractivity contribution in [1.82, 2.24) is 5.32 Å². The molecule has 0 aromatic heterocycles. The molecule has 1 heterocycles. The van der Waals surface area contributed by atoms with Crippen molar-refractivity contribution in [1.29, 1.82) is 0 Å². The lowest BCUT2D eigenvalue weighted by atomic mass is 10.0. The number of benzene rings is 1. The molecule has 0 radical (unpaired) electrons. The van der Waals surface area contributed by atoms with E-state index < -0.39 is 0 Å². The number of nitrogens with two attached hydrogens (primary N) is 1. The van der Waals surface area contributed by atoms with Crippen molar-refractivity contribution in [3.05, 3.63) is 41.1 Å². The van der Waals surface area contributed by atoms with Gasteiger partial charge in [0.25, 0.3) is 0 Å². The van der Waals surface area contributed by atoms with Gasteiger partial charge in [-0.05, 0) is 35.5 Å². The number of primary amides is 1. The monoisotopic (exact) mass is 174 g/mol. The lowest BCUT2D eigenvalue weighted by molar-refractivity contribution is 0.100. The Morgan fingerprint density at radius 2 is 2.31 bits per heavy atom. The number of hydrogen-bond donors (Lipinski definition) is 2. The molecule has 1 aliphatic rings. The molecule has 1 aliphatic heterocycles.